The van der Waals surface area contributed by atoms with E-state index in [1.807, 2.05) is 0 Å². The highest BCUT2D eigenvalue weighted by Crippen LogP contribution is 2.45. The Labute approximate surface area is 202 Å². The standard InChI is InChI=1S/C27H50N2O4/c1-12-19(33-23(31)21-18-25(4,5)29(11)27(21,8)9)15-13-14-16-32-22(30)20-17-24(2,3)28(10)26(20,6)7/h19-21H,12-18H2,1-11H3. The Morgan fingerprint density at radius 2 is 1.27 bits per heavy atom. The van der Waals surface area contributed by atoms with Crippen molar-refractivity contribution >= 4 is 11.9 Å². The summed E-state index contributed by atoms with van der Waals surface area (Å²) < 4.78 is 11.6. The molecule has 2 fully saturated rings. The predicted octanol–water partition coefficient (Wildman–Crippen LogP) is 5.04. The largest absolute Gasteiger partial charge is 0.465 e. The van der Waals surface area contributed by atoms with Crippen LogP contribution in [0, 0.1) is 11.8 Å². The van der Waals surface area contributed by atoms with Crippen LogP contribution >= 0.6 is 0 Å². The van der Waals surface area contributed by atoms with Crippen molar-refractivity contribution in [3.63, 3.8) is 0 Å². The van der Waals surface area contributed by atoms with E-state index in [-0.39, 0.29) is 52.0 Å². The molecule has 2 aliphatic rings. The van der Waals surface area contributed by atoms with Gasteiger partial charge in [0.05, 0.1) is 18.4 Å². The lowest BCUT2D eigenvalue weighted by Crippen LogP contribution is -2.48. The van der Waals surface area contributed by atoms with Gasteiger partial charge in [0.2, 0.25) is 0 Å². The van der Waals surface area contributed by atoms with Gasteiger partial charge in [0, 0.05) is 22.2 Å². The van der Waals surface area contributed by atoms with Gasteiger partial charge in [-0.3, -0.25) is 19.4 Å². The molecule has 0 N–H and O–H groups in total. The number of esters is 2. The number of carbonyl (C=O) groups excluding carboxylic acids is 2. The molecular weight excluding hydrogens is 416 g/mol. The van der Waals surface area contributed by atoms with Crippen LogP contribution in [0.25, 0.3) is 0 Å². The van der Waals surface area contributed by atoms with E-state index in [1.165, 1.54) is 0 Å². The zero-order valence-electron chi connectivity index (χ0n) is 23.2. The van der Waals surface area contributed by atoms with Crippen LogP contribution in [0.1, 0.15) is 101 Å². The minimum Gasteiger partial charge on any atom is -0.465 e. The lowest BCUT2D eigenvalue weighted by molar-refractivity contribution is -0.157. The molecule has 3 unspecified atom stereocenters. The highest BCUT2D eigenvalue weighted by atomic mass is 16.5. The number of hydrogen-bond acceptors (Lipinski definition) is 6. The quantitative estimate of drug-likeness (QED) is 0.350. The minimum absolute atomic E-state index is 0.0106. The van der Waals surface area contributed by atoms with Crippen molar-refractivity contribution in [3.8, 4) is 0 Å². The Morgan fingerprint density at radius 1 is 0.818 bits per heavy atom. The first-order valence-electron chi connectivity index (χ1n) is 12.8. The summed E-state index contributed by atoms with van der Waals surface area (Å²) in [4.78, 5) is 30.3. The maximum absolute atomic E-state index is 13.0. The average Bonchev–Trinajstić information content (AvgIpc) is 2.99. The summed E-state index contributed by atoms with van der Waals surface area (Å²) in [6.45, 7) is 19.7. The summed E-state index contributed by atoms with van der Waals surface area (Å²) in [5.74, 6) is -0.402. The van der Waals surface area contributed by atoms with Crippen molar-refractivity contribution in [3.05, 3.63) is 0 Å². The SMILES string of the molecule is CCC(CCCCOC(=O)C1CC(C)(C)N(C)C1(C)C)OC(=O)C1CC(C)(C)N(C)C1(C)C. The molecule has 0 aromatic rings. The van der Waals surface area contributed by atoms with E-state index in [9.17, 15) is 9.59 Å². The number of nitrogens with zero attached hydrogens (tertiary/aromatic N) is 2. The second kappa shape index (κ2) is 9.85. The zero-order chi connectivity index (χ0) is 25.4. The summed E-state index contributed by atoms with van der Waals surface area (Å²) in [6.07, 6.45) is 4.81. The summed E-state index contributed by atoms with van der Waals surface area (Å²) in [5.41, 5.74) is -0.456. The van der Waals surface area contributed by atoms with Gasteiger partial charge < -0.3 is 9.47 Å². The number of rotatable bonds is 9. The van der Waals surface area contributed by atoms with E-state index >= 15 is 0 Å². The van der Waals surface area contributed by atoms with Crippen LogP contribution in [0.2, 0.25) is 0 Å². The Morgan fingerprint density at radius 3 is 1.67 bits per heavy atom. The molecule has 2 aliphatic heterocycles. The molecule has 2 heterocycles. The van der Waals surface area contributed by atoms with Crippen LogP contribution in [-0.4, -0.2) is 70.7 Å². The van der Waals surface area contributed by atoms with Crippen molar-refractivity contribution in [2.75, 3.05) is 20.7 Å². The fourth-order valence-electron chi connectivity index (χ4n) is 5.88. The minimum atomic E-state index is -0.219. The van der Waals surface area contributed by atoms with E-state index in [0.29, 0.717) is 6.61 Å². The number of carbonyl (C=O) groups is 2. The summed E-state index contributed by atoms with van der Waals surface area (Å²) in [7, 11) is 4.18. The van der Waals surface area contributed by atoms with Gasteiger partial charge in [0.15, 0.2) is 0 Å². The molecule has 0 aliphatic carbocycles. The Bertz CT molecular complexity index is 713. The fourth-order valence-corrected chi connectivity index (χ4v) is 5.88. The molecule has 3 atom stereocenters. The molecule has 2 saturated heterocycles. The molecule has 2 rings (SSSR count). The smallest absolute Gasteiger partial charge is 0.311 e. The van der Waals surface area contributed by atoms with Gasteiger partial charge in [-0.2, -0.15) is 0 Å². The van der Waals surface area contributed by atoms with E-state index in [1.54, 1.807) is 0 Å². The third-order valence-electron chi connectivity index (χ3n) is 9.13. The predicted molar refractivity (Wildman–Crippen MR) is 133 cm³/mol. The van der Waals surface area contributed by atoms with E-state index in [0.717, 1.165) is 38.5 Å². The zero-order valence-corrected chi connectivity index (χ0v) is 23.2. The molecule has 0 bridgehead atoms. The van der Waals surface area contributed by atoms with Crippen LogP contribution in [0.5, 0.6) is 0 Å². The van der Waals surface area contributed by atoms with Crippen molar-refractivity contribution < 1.29 is 19.1 Å². The highest BCUT2D eigenvalue weighted by Gasteiger charge is 2.54. The molecule has 6 heteroatoms. The molecule has 0 radical (unpaired) electrons. The lowest BCUT2D eigenvalue weighted by Gasteiger charge is -2.38. The highest BCUT2D eigenvalue weighted by molar-refractivity contribution is 5.75. The van der Waals surface area contributed by atoms with Gasteiger partial charge in [-0.25, -0.2) is 0 Å². The van der Waals surface area contributed by atoms with Crippen molar-refractivity contribution in [1.29, 1.82) is 0 Å². The summed E-state index contributed by atoms with van der Waals surface area (Å²) in [6, 6.07) is 0. The fraction of sp³-hybridized carbons (Fsp3) is 0.926. The van der Waals surface area contributed by atoms with Crippen LogP contribution in [-0.2, 0) is 19.1 Å². The van der Waals surface area contributed by atoms with E-state index in [4.69, 9.17) is 9.47 Å². The number of hydrogen-bond donors (Lipinski definition) is 0. The van der Waals surface area contributed by atoms with Crippen LogP contribution in [0.15, 0.2) is 0 Å². The number of unbranched alkanes of at least 4 members (excludes halogenated alkanes) is 1. The molecule has 192 valence electrons. The van der Waals surface area contributed by atoms with E-state index in [2.05, 4.69) is 86.2 Å². The maximum atomic E-state index is 13.0. The Balaban J connectivity index is 1.77. The van der Waals surface area contributed by atoms with Crippen LogP contribution in [0.4, 0.5) is 0 Å². The lowest BCUT2D eigenvalue weighted by atomic mass is 9.87. The second-order valence-corrected chi connectivity index (χ2v) is 12.7. The normalized spacial score (nSPS) is 29.1. The Hall–Kier alpha value is -1.14. The first kappa shape index (κ1) is 28.1. The molecular formula is C27H50N2O4. The molecule has 0 amide bonds. The molecule has 6 nitrogen and oxygen atoms in total. The third-order valence-corrected chi connectivity index (χ3v) is 9.13. The average molecular weight is 467 g/mol. The van der Waals surface area contributed by atoms with Gasteiger partial charge in [0.25, 0.3) is 0 Å². The molecule has 0 spiro atoms. The van der Waals surface area contributed by atoms with Gasteiger partial charge in [-0.1, -0.05) is 6.92 Å². The van der Waals surface area contributed by atoms with Crippen LogP contribution in [0.3, 0.4) is 0 Å². The summed E-state index contributed by atoms with van der Waals surface area (Å²) in [5, 5.41) is 0. The Kier molecular flexibility index (Phi) is 8.39. The first-order chi connectivity index (χ1) is 15.0. The van der Waals surface area contributed by atoms with Crippen molar-refractivity contribution in [2.24, 2.45) is 11.8 Å². The van der Waals surface area contributed by atoms with Gasteiger partial charge in [-0.15, -0.1) is 0 Å². The monoisotopic (exact) mass is 466 g/mol. The molecule has 0 saturated carbocycles. The van der Waals surface area contributed by atoms with Gasteiger partial charge in [-0.05, 0) is 108 Å². The molecule has 0 aromatic heterocycles. The third kappa shape index (κ3) is 5.75. The number of likely N-dealkylation sites (tertiary alicyclic amines) is 2. The van der Waals surface area contributed by atoms with Crippen LogP contribution < -0.4 is 0 Å². The number of ether oxygens (including phenoxy) is 2. The maximum Gasteiger partial charge on any atom is 0.311 e. The van der Waals surface area contributed by atoms with Gasteiger partial charge in [0.1, 0.15) is 6.10 Å². The first-order valence-corrected chi connectivity index (χ1v) is 12.8. The van der Waals surface area contributed by atoms with Crippen molar-refractivity contribution in [1.82, 2.24) is 9.80 Å². The van der Waals surface area contributed by atoms with Crippen molar-refractivity contribution in [2.45, 2.75) is 129 Å². The molecule has 33 heavy (non-hydrogen) atoms. The van der Waals surface area contributed by atoms with Gasteiger partial charge >= 0.3 is 11.9 Å². The second-order valence-electron chi connectivity index (χ2n) is 12.7. The topological polar surface area (TPSA) is 59.1 Å². The summed E-state index contributed by atoms with van der Waals surface area (Å²) >= 11 is 0. The molecule has 0 aromatic carbocycles. The van der Waals surface area contributed by atoms with E-state index < -0.39 is 0 Å².